The van der Waals surface area contributed by atoms with Gasteiger partial charge in [0, 0.05) is 17.5 Å². The molecular formula is C19H20O6. The van der Waals surface area contributed by atoms with E-state index in [1.54, 1.807) is 18.2 Å². The molecule has 132 valence electrons. The lowest BCUT2D eigenvalue weighted by atomic mass is 9.88. The van der Waals surface area contributed by atoms with Gasteiger partial charge in [0.15, 0.2) is 18.1 Å². The van der Waals surface area contributed by atoms with E-state index in [0.29, 0.717) is 17.2 Å². The zero-order valence-corrected chi connectivity index (χ0v) is 14.2. The Morgan fingerprint density at radius 3 is 2.52 bits per heavy atom. The first kappa shape index (κ1) is 17.0. The Labute approximate surface area is 145 Å². The van der Waals surface area contributed by atoms with Crippen LogP contribution < -0.4 is 14.2 Å². The number of fused-ring (bicyclic) bond motifs is 1. The summed E-state index contributed by atoms with van der Waals surface area (Å²) in [5.74, 6) is 1.56. The molecule has 2 aromatic carbocycles. The number of phenolic OH excluding ortho intramolecular Hbond substituents is 1. The van der Waals surface area contributed by atoms with Crippen LogP contribution in [0.25, 0.3) is 0 Å². The van der Waals surface area contributed by atoms with E-state index in [1.165, 1.54) is 7.11 Å². The zero-order valence-electron chi connectivity index (χ0n) is 14.2. The van der Waals surface area contributed by atoms with E-state index in [1.807, 2.05) is 18.2 Å². The number of methoxy groups -OCH3 is 1. The van der Waals surface area contributed by atoms with Crippen molar-refractivity contribution in [1.82, 2.24) is 0 Å². The van der Waals surface area contributed by atoms with Crippen LogP contribution in [-0.2, 0) is 9.53 Å². The number of benzene rings is 2. The minimum atomic E-state index is -0.457. The fraction of sp³-hybridized carbons (Fsp3) is 0.316. The fourth-order valence-electron chi connectivity index (χ4n) is 2.87. The molecule has 0 aromatic heterocycles. The van der Waals surface area contributed by atoms with Gasteiger partial charge < -0.3 is 24.1 Å². The Kier molecular flexibility index (Phi) is 4.97. The molecule has 1 atom stereocenters. The Morgan fingerprint density at radius 2 is 1.88 bits per heavy atom. The molecule has 0 fully saturated rings. The third-order valence-electron chi connectivity index (χ3n) is 4.16. The summed E-state index contributed by atoms with van der Waals surface area (Å²) in [5.41, 5.74) is 1.92. The number of carbonyl (C=O) groups excluding carboxylic acids is 1. The molecule has 1 N–H and O–H groups in total. The fourth-order valence-corrected chi connectivity index (χ4v) is 2.87. The van der Waals surface area contributed by atoms with Gasteiger partial charge in [0.05, 0.1) is 7.11 Å². The highest BCUT2D eigenvalue weighted by atomic mass is 16.7. The smallest absolute Gasteiger partial charge is 0.343 e. The van der Waals surface area contributed by atoms with Crippen molar-refractivity contribution in [1.29, 1.82) is 0 Å². The maximum Gasteiger partial charge on any atom is 0.343 e. The highest BCUT2D eigenvalue weighted by Gasteiger charge is 2.24. The molecule has 0 saturated heterocycles. The zero-order chi connectivity index (χ0) is 17.8. The molecule has 1 aliphatic heterocycles. The molecule has 25 heavy (non-hydrogen) atoms. The Balaban J connectivity index is 1.99. The van der Waals surface area contributed by atoms with Crippen molar-refractivity contribution in [2.24, 2.45) is 0 Å². The molecule has 6 heteroatoms. The topological polar surface area (TPSA) is 74.2 Å². The number of aromatic hydroxyl groups is 1. The average molecular weight is 344 g/mol. The second kappa shape index (κ2) is 7.34. The lowest BCUT2D eigenvalue weighted by molar-refractivity contribution is -0.142. The second-order valence-electron chi connectivity index (χ2n) is 5.66. The molecule has 0 radical (unpaired) electrons. The standard InChI is InChI=1S/C19H20O6/c1-3-14(12-4-6-13(20)7-5-12)15-8-17-18(25-11-24-17)9-16(15)23-10-19(21)22-2/h4-9,14,20H,3,10-11H2,1-2H3. The van der Waals surface area contributed by atoms with Gasteiger partial charge in [-0.25, -0.2) is 4.79 Å². The molecule has 3 rings (SSSR count). The molecule has 1 heterocycles. The first-order chi connectivity index (χ1) is 12.1. The number of ether oxygens (including phenoxy) is 4. The first-order valence-corrected chi connectivity index (χ1v) is 8.04. The van der Waals surface area contributed by atoms with E-state index >= 15 is 0 Å². The molecule has 0 amide bonds. The SMILES string of the molecule is CCC(c1ccc(O)cc1)c1cc2c(cc1OCC(=O)OC)OCO2. The molecule has 0 bridgehead atoms. The molecule has 0 aliphatic carbocycles. The summed E-state index contributed by atoms with van der Waals surface area (Å²) in [6, 6.07) is 10.7. The largest absolute Gasteiger partial charge is 0.508 e. The van der Waals surface area contributed by atoms with Crippen LogP contribution in [-0.4, -0.2) is 31.6 Å². The Morgan fingerprint density at radius 1 is 1.20 bits per heavy atom. The number of hydrogen-bond donors (Lipinski definition) is 1. The summed E-state index contributed by atoms with van der Waals surface area (Å²) in [5, 5.41) is 9.52. The van der Waals surface area contributed by atoms with Crippen LogP contribution in [0.15, 0.2) is 36.4 Å². The van der Waals surface area contributed by atoms with Crippen molar-refractivity contribution in [3.63, 3.8) is 0 Å². The molecule has 0 spiro atoms. The van der Waals surface area contributed by atoms with Gasteiger partial charge in [-0.3, -0.25) is 0 Å². The predicted molar refractivity (Wildman–Crippen MR) is 90.3 cm³/mol. The molecule has 2 aromatic rings. The third kappa shape index (κ3) is 3.63. The van der Waals surface area contributed by atoms with Gasteiger partial charge in [-0.2, -0.15) is 0 Å². The van der Waals surface area contributed by atoms with Crippen LogP contribution in [0.1, 0.15) is 30.4 Å². The van der Waals surface area contributed by atoms with Crippen LogP contribution in [0, 0.1) is 0 Å². The van der Waals surface area contributed by atoms with Gasteiger partial charge in [0.1, 0.15) is 11.5 Å². The van der Waals surface area contributed by atoms with Crippen LogP contribution in [0.4, 0.5) is 0 Å². The Hall–Kier alpha value is -2.89. The maximum atomic E-state index is 11.4. The molecule has 1 aliphatic rings. The van der Waals surface area contributed by atoms with Gasteiger partial charge in [-0.1, -0.05) is 19.1 Å². The summed E-state index contributed by atoms with van der Waals surface area (Å²) in [4.78, 5) is 11.4. The highest BCUT2D eigenvalue weighted by molar-refractivity contribution is 5.71. The number of carbonyl (C=O) groups is 1. The summed E-state index contributed by atoms with van der Waals surface area (Å²) in [7, 11) is 1.32. The van der Waals surface area contributed by atoms with Gasteiger partial charge in [0.25, 0.3) is 0 Å². The minimum Gasteiger partial charge on any atom is -0.508 e. The number of phenols is 1. The minimum absolute atomic E-state index is 0.0164. The van der Waals surface area contributed by atoms with E-state index in [-0.39, 0.29) is 25.1 Å². The van der Waals surface area contributed by atoms with Crippen LogP contribution >= 0.6 is 0 Å². The van der Waals surface area contributed by atoms with Crippen molar-refractivity contribution in [2.45, 2.75) is 19.3 Å². The lowest BCUT2D eigenvalue weighted by Crippen LogP contribution is -2.14. The van der Waals surface area contributed by atoms with E-state index in [2.05, 4.69) is 11.7 Å². The van der Waals surface area contributed by atoms with Gasteiger partial charge >= 0.3 is 5.97 Å². The van der Waals surface area contributed by atoms with E-state index in [9.17, 15) is 9.90 Å². The van der Waals surface area contributed by atoms with E-state index in [0.717, 1.165) is 17.5 Å². The van der Waals surface area contributed by atoms with Crippen LogP contribution in [0.2, 0.25) is 0 Å². The highest BCUT2D eigenvalue weighted by Crippen LogP contribution is 2.43. The van der Waals surface area contributed by atoms with Crippen LogP contribution in [0.5, 0.6) is 23.0 Å². The summed E-state index contributed by atoms with van der Waals surface area (Å²) >= 11 is 0. The van der Waals surface area contributed by atoms with E-state index in [4.69, 9.17) is 14.2 Å². The average Bonchev–Trinajstić information content (AvgIpc) is 3.08. The molecule has 6 nitrogen and oxygen atoms in total. The van der Waals surface area contributed by atoms with Crippen molar-refractivity contribution >= 4 is 5.97 Å². The van der Waals surface area contributed by atoms with Crippen molar-refractivity contribution < 1.29 is 28.8 Å². The monoisotopic (exact) mass is 344 g/mol. The van der Waals surface area contributed by atoms with Gasteiger partial charge in [-0.15, -0.1) is 0 Å². The van der Waals surface area contributed by atoms with Crippen molar-refractivity contribution in [3.8, 4) is 23.0 Å². The molecular weight excluding hydrogens is 324 g/mol. The predicted octanol–water partition coefficient (Wildman–Crippen LogP) is 3.21. The molecule has 1 unspecified atom stereocenters. The van der Waals surface area contributed by atoms with Crippen molar-refractivity contribution in [2.75, 3.05) is 20.5 Å². The summed E-state index contributed by atoms with van der Waals surface area (Å²) < 4.78 is 21.2. The quantitative estimate of drug-likeness (QED) is 0.811. The lowest BCUT2D eigenvalue weighted by Gasteiger charge is -2.20. The number of hydrogen-bond acceptors (Lipinski definition) is 6. The molecule has 0 saturated carbocycles. The second-order valence-corrected chi connectivity index (χ2v) is 5.66. The Bertz CT molecular complexity index is 753. The van der Waals surface area contributed by atoms with Gasteiger partial charge in [0.2, 0.25) is 6.79 Å². The first-order valence-electron chi connectivity index (χ1n) is 8.04. The van der Waals surface area contributed by atoms with Gasteiger partial charge in [-0.05, 0) is 30.2 Å². The third-order valence-corrected chi connectivity index (χ3v) is 4.16. The van der Waals surface area contributed by atoms with Crippen LogP contribution in [0.3, 0.4) is 0 Å². The summed E-state index contributed by atoms with van der Waals surface area (Å²) in [6.07, 6.45) is 0.805. The van der Waals surface area contributed by atoms with Crippen molar-refractivity contribution in [3.05, 3.63) is 47.5 Å². The number of esters is 1. The normalized spacial score (nSPS) is 13.4. The maximum absolute atomic E-state index is 11.4. The summed E-state index contributed by atoms with van der Waals surface area (Å²) in [6.45, 7) is 2.03. The number of rotatable bonds is 6. The van der Waals surface area contributed by atoms with E-state index < -0.39 is 5.97 Å².